The molecule has 0 saturated carbocycles. The first kappa shape index (κ1) is 13.8. The minimum absolute atomic E-state index is 0.504. The van der Waals surface area contributed by atoms with Crippen molar-refractivity contribution in [2.24, 2.45) is 0 Å². The van der Waals surface area contributed by atoms with Gasteiger partial charge >= 0.3 is 0 Å². The predicted molar refractivity (Wildman–Crippen MR) is 77.6 cm³/mol. The number of hydrogen-bond acceptors (Lipinski definition) is 3. The van der Waals surface area contributed by atoms with E-state index in [9.17, 15) is 0 Å². The van der Waals surface area contributed by atoms with Crippen molar-refractivity contribution >= 4 is 12.2 Å². The maximum Gasteiger partial charge on any atom is 0.177 e. The Balaban J connectivity index is 2.17. The molecule has 2 rings (SSSR count). The summed E-state index contributed by atoms with van der Waals surface area (Å²) >= 11 is 5.40. The van der Waals surface area contributed by atoms with Crippen LogP contribution in [0.5, 0.6) is 0 Å². The van der Waals surface area contributed by atoms with Crippen LogP contribution in [0.4, 0.5) is 0 Å². The number of nitrogens with one attached hydrogen (secondary N) is 1. The Bertz CT molecular complexity index is 448. The molecule has 18 heavy (non-hydrogen) atoms. The molecular weight excluding hydrogens is 244 g/mol. The summed E-state index contributed by atoms with van der Waals surface area (Å²) in [6.45, 7) is 8.81. The highest BCUT2D eigenvalue weighted by Crippen LogP contribution is 2.17. The van der Waals surface area contributed by atoms with Crippen LogP contribution in [0, 0.1) is 4.77 Å². The molecule has 2 heterocycles. The summed E-state index contributed by atoms with van der Waals surface area (Å²) in [5.41, 5.74) is 1.31. The summed E-state index contributed by atoms with van der Waals surface area (Å²) in [6, 6.07) is 0.545. The first-order valence-corrected chi connectivity index (χ1v) is 7.06. The number of likely N-dealkylation sites (N-methyl/N-ethyl adjacent to an activating group) is 2. The van der Waals surface area contributed by atoms with Crippen molar-refractivity contribution in [2.75, 3.05) is 33.7 Å². The van der Waals surface area contributed by atoms with E-state index in [0.29, 0.717) is 12.0 Å². The van der Waals surface area contributed by atoms with Crippen molar-refractivity contribution in [3.63, 3.8) is 0 Å². The zero-order valence-electron chi connectivity index (χ0n) is 11.8. The lowest BCUT2D eigenvalue weighted by atomic mass is 10.1. The van der Waals surface area contributed by atoms with Crippen LogP contribution in [-0.2, 0) is 6.54 Å². The van der Waals surface area contributed by atoms with Gasteiger partial charge in [-0.25, -0.2) is 0 Å². The molecule has 102 valence electrons. The molecule has 4 nitrogen and oxygen atoms in total. The second kappa shape index (κ2) is 5.55. The van der Waals surface area contributed by atoms with Crippen LogP contribution >= 0.6 is 12.2 Å². The van der Waals surface area contributed by atoms with Gasteiger partial charge in [-0.3, -0.25) is 4.90 Å². The van der Waals surface area contributed by atoms with E-state index in [0.717, 1.165) is 31.0 Å². The molecular formula is C13H24N4S. The zero-order chi connectivity index (χ0) is 13.3. The van der Waals surface area contributed by atoms with E-state index >= 15 is 0 Å². The SMILES string of the molecule is CC(C)c1c[nH]c(=S)n1CC1CN(C)CCN1C. The lowest BCUT2D eigenvalue weighted by molar-refractivity contribution is 0.102. The van der Waals surface area contributed by atoms with Gasteiger partial charge in [-0.2, -0.15) is 0 Å². The van der Waals surface area contributed by atoms with E-state index in [1.807, 2.05) is 0 Å². The fourth-order valence-electron chi connectivity index (χ4n) is 2.58. The molecule has 0 aliphatic carbocycles. The molecule has 1 aliphatic rings. The second-order valence-corrected chi connectivity index (χ2v) is 6.07. The normalized spacial score (nSPS) is 22.8. The predicted octanol–water partition coefficient (Wildman–Crippen LogP) is 1.91. The van der Waals surface area contributed by atoms with Gasteiger partial charge in [0.2, 0.25) is 0 Å². The van der Waals surface area contributed by atoms with Gasteiger partial charge in [0.15, 0.2) is 4.77 Å². The maximum absolute atomic E-state index is 5.40. The standard InChI is InChI=1S/C13H24N4S/c1-10(2)12-7-14-13(18)17(12)9-11-8-15(3)5-6-16(11)4/h7,10-11H,5-6,8-9H2,1-4H3,(H,14,18). The van der Waals surface area contributed by atoms with Gasteiger partial charge in [0.1, 0.15) is 0 Å². The third-order valence-electron chi connectivity index (χ3n) is 3.87. The van der Waals surface area contributed by atoms with Crippen LogP contribution in [-0.4, -0.2) is 59.1 Å². The van der Waals surface area contributed by atoms with Crippen molar-refractivity contribution in [3.05, 3.63) is 16.7 Å². The van der Waals surface area contributed by atoms with Crippen LogP contribution < -0.4 is 0 Å². The van der Waals surface area contributed by atoms with Crippen molar-refractivity contribution < 1.29 is 0 Å². The van der Waals surface area contributed by atoms with Gasteiger partial charge in [-0.05, 0) is 32.2 Å². The average Bonchev–Trinajstić information content (AvgIpc) is 2.66. The quantitative estimate of drug-likeness (QED) is 0.849. The summed E-state index contributed by atoms with van der Waals surface area (Å²) in [5, 5.41) is 0. The van der Waals surface area contributed by atoms with E-state index in [1.54, 1.807) is 0 Å². The Morgan fingerprint density at radius 1 is 1.39 bits per heavy atom. The van der Waals surface area contributed by atoms with Crippen molar-refractivity contribution in [1.29, 1.82) is 0 Å². The molecule has 0 spiro atoms. The van der Waals surface area contributed by atoms with Crippen LogP contribution in [0.2, 0.25) is 0 Å². The molecule has 1 atom stereocenters. The van der Waals surface area contributed by atoms with E-state index in [-0.39, 0.29) is 0 Å². The molecule has 1 N–H and O–H groups in total. The molecule has 0 aromatic carbocycles. The summed E-state index contributed by atoms with van der Waals surface area (Å²) in [4.78, 5) is 8.02. The third-order valence-corrected chi connectivity index (χ3v) is 4.20. The fourth-order valence-corrected chi connectivity index (χ4v) is 2.82. The van der Waals surface area contributed by atoms with Crippen LogP contribution in [0.15, 0.2) is 6.20 Å². The first-order valence-electron chi connectivity index (χ1n) is 6.66. The fraction of sp³-hybridized carbons (Fsp3) is 0.769. The molecule has 1 saturated heterocycles. The van der Waals surface area contributed by atoms with Gasteiger partial charge in [0.05, 0.1) is 0 Å². The largest absolute Gasteiger partial charge is 0.337 e. The highest BCUT2D eigenvalue weighted by Gasteiger charge is 2.23. The minimum atomic E-state index is 0.504. The van der Waals surface area contributed by atoms with Gasteiger partial charge in [-0.15, -0.1) is 0 Å². The molecule has 1 unspecified atom stereocenters. The van der Waals surface area contributed by atoms with Gasteiger partial charge in [-0.1, -0.05) is 13.8 Å². The zero-order valence-corrected chi connectivity index (χ0v) is 12.6. The lowest BCUT2D eigenvalue weighted by Gasteiger charge is -2.38. The smallest absolute Gasteiger partial charge is 0.177 e. The van der Waals surface area contributed by atoms with E-state index < -0.39 is 0 Å². The van der Waals surface area contributed by atoms with Crippen LogP contribution in [0.1, 0.15) is 25.5 Å². The highest BCUT2D eigenvalue weighted by molar-refractivity contribution is 7.71. The minimum Gasteiger partial charge on any atom is -0.337 e. The summed E-state index contributed by atoms with van der Waals surface area (Å²) in [6.07, 6.45) is 2.06. The Morgan fingerprint density at radius 3 is 2.78 bits per heavy atom. The molecule has 0 bridgehead atoms. The third kappa shape index (κ3) is 2.84. The van der Waals surface area contributed by atoms with E-state index in [2.05, 4.69) is 53.5 Å². The Labute approximate surface area is 115 Å². The number of piperazine rings is 1. The number of aromatic nitrogens is 2. The van der Waals surface area contributed by atoms with Gasteiger partial charge < -0.3 is 14.5 Å². The molecule has 0 radical (unpaired) electrons. The van der Waals surface area contributed by atoms with Crippen LogP contribution in [0.3, 0.4) is 0 Å². The topological polar surface area (TPSA) is 27.2 Å². The van der Waals surface area contributed by atoms with Crippen molar-refractivity contribution in [3.8, 4) is 0 Å². The molecule has 0 amide bonds. The Morgan fingerprint density at radius 2 is 2.11 bits per heavy atom. The average molecular weight is 268 g/mol. The number of rotatable bonds is 3. The van der Waals surface area contributed by atoms with Crippen molar-refractivity contribution in [1.82, 2.24) is 19.4 Å². The highest BCUT2D eigenvalue weighted by atomic mass is 32.1. The van der Waals surface area contributed by atoms with Gasteiger partial charge in [0, 0.05) is 44.1 Å². The van der Waals surface area contributed by atoms with E-state index in [4.69, 9.17) is 12.2 Å². The molecule has 1 aliphatic heterocycles. The second-order valence-electron chi connectivity index (χ2n) is 5.68. The van der Waals surface area contributed by atoms with E-state index in [1.165, 1.54) is 5.69 Å². The maximum atomic E-state index is 5.40. The number of aromatic amines is 1. The Hall–Kier alpha value is -0.650. The summed E-state index contributed by atoms with van der Waals surface area (Å²) in [5.74, 6) is 0.504. The van der Waals surface area contributed by atoms with Crippen LogP contribution in [0.25, 0.3) is 0 Å². The lowest BCUT2D eigenvalue weighted by Crippen LogP contribution is -2.51. The molecule has 1 aromatic heterocycles. The first-order chi connectivity index (χ1) is 8.49. The molecule has 1 fully saturated rings. The summed E-state index contributed by atoms with van der Waals surface area (Å²) < 4.78 is 3.11. The number of nitrogens with zero attached hydrogens (tertiary/aromatic N) is 3. The summed E-state index contributed by atoms with van der Waals surface area (Å²) in [7, 11) is 4.41. The number of H-pyrrole nitrogens is 1. The van der Waals surface area contributed by atoms with Gasteiger partial charge in [0.25, 0.3) is 0 Å². The monoisotopic (exact) mass is 268 g/mol. The Kier molecular flexibility index (Phi) is 4.25. The molecule has 1 aromatic rings. The van der Waals surface area contributed by atoms with Crippen molar-refractivity contribution in [2.45, 2.75) is 32.4 Å². The number of imidazole rings is 1. The molecule has 5 heteroatoms. The number of hydrogen-bond donors (Lipinski definition) is 1.